The predicted octanol–water partition coefficient (Wildman–Crippen LogP) is 2.76. The first-order valence-electron chi connectivity index (χ1n) is 7.71. The normalized spacial score (nSPS) is 39.5. The number of nitrogens with zero attached hydrogens (tertiary/aromatic N) is 1. The second kappa shape index (κ2) is 4.16. The highest BCUT2D eigenvalue weighted by atomic mass is 16.1. The van der Waals surface area contributed by atoms with Crippen molar-refractivity contribution in [3.05, 3.63) is 30.6 Å². The van der Waals surface area contributed by atoms with Crippen LogP contribution in [0, 0.1) is 23.2 Å². The number of Topliss-reactive ketones (excluding diaryl/α,β-unsaturated/α-hetero) is 1. The maximum atomic E-state index is 12.8. The number of aromatic nitrogens is 1. The molecule has 19 heavy (non-hydrogen) atoms. The number of carbonyl (C=O) groups excluding carboxylic acids is 1. The summed E-state index contributed by atoms with van der Waals surface area (Å²) in [7, 11) is 0. The molecule has 1 heterocycles. The molecule has 4 aliphatic carbocycles. The average molecular weight is 256 g/mol. The van der Waals surface area contributed by atoms with E-state index >= 15 is 0 Å². The van der Waals surface area contributed by atoms with Gasteiger partial charge in [0.25, 0.3) is 0 Å². The molecule has 2 heteroatoms. The number of hydrogen-bond donors (Lipinski definition) is 0. The second-order valence-electron chi connectivity index (χ2n) is 7.17. The molecule has 4 aliphatic rings. The van der Waals surface area contributed by atoms with Crippen LogP contribution in [-0.4, -0.2) is 5.78 Å². The van der Waals surface area contributed by atoms with Crippen molar-refractivity contribution in [2.24, 2.45) is 23.2 Å². The monoisotopic (exact) mass is 256 g/mol. The topological polar surface area (TPSA) is 20.9 Å². The Bertz CT molecular complexity index is 458. The lowest BCUT2D eigenvalue weighted by Crippen LogP contribution is -2.53. The van der Waals surface area contributed by atoms with Crippen LogP contribution in [0.3, 0.4) is 0 Å². The molecule has 0 atom stereocenters. The highest BCUT2D eigenvalue weighted by molar-refractivity contribution is 5.84. The molecular formula is C17H22NO+. The van der Waals surface area contributed by atoms with E-state index in [-0.39, 0.29) is 5.41 Å². The third-order valence-corrected chi connectivity index (χ3v) is 5.73. The van der Waals surface area contributed by atoms with Crippen LogP contribution in [0.2, 0.25) is 0 Å². The fraction of sp³-hybridized carbons (Fsp3) is 0.647. The van der Waals surface area contributed by atoms with E-state index in [1.54, 1.807) is 0 Å². The summed E-state index contributed by atoms with van der Waals surface area (Å²) in [5.74, 6) is 3.07. The van der Waals surface area contributed by atoms with E-state index in [9.17, 15) is 4.79 Å². The highest BCUT2D eigenvalue weighted by Crippen LogP contribution is 2.60. The van der Waals surface area contributed by atoms with Gasteiger partial charge in [-0.05, 0) is 56.3 Å². The van der Waals surface area contributed by atoms with Crippen LogP contribution in [0.5, 0.6) is 0 Å². The lowest BCUT2D eigenvalue weighted by Gasteiger charge is -2.55. The minimum absolute atomic E-state index is 0.0532. The molecule has 4 bridgehead atoms. The van der Waals surface area contributed by atoms with Gasteiger partial charge < -0.3 is 0 Å². The van der Waals surface area contributed by atoms with E-state index in [1.165, 1.54) is 38.5 Å². The third-order valence-electron chi connectivity index (χ3n) is 5.73. The Kier molecular flexibility index (Phi) is 2.54. The molecule has 1 aromatic heterocycles. The smallest absolute Gasteiger partial charge is 0.207 e. The molecule has 1 aromatic rings. The quantitative estimate of drug-likeness (QED) is 0.762. The largest absolute Gasteiger partial charge is 0.292 e. The molecule has 2 nitrogen and oxygen atoms in total. The van der Waals surface area contributed by atoms with Gasteiger partial charge in [-0.3, -0.25) is 4.79 Å². The van der Waals surface area contributed by atoms with E-state index in [1.807, 2.05) is 35.2 Å². The summed E-state index contributed by atoms with van der Waals surface area (Å²) in [6.07, 6.45) is 11.8. The highest BCUT2D eigenvalue weighted by Gasteiger charge is 2.54. The summed E-state index contributed by atoms with van der Waals surface area (Å²) in [5.41, 5.74) is 0.0532. The molecule has 5 rings (SSSR count). The van der Waals surface area contributed by atoms with Gasteiger partial charge in [0, 0.05) is 17.5 Å². The molecule has 4 fully saturated rings. The van der Waals surface area contributed by atoms with Crippen molar-refractivity contribution in [1.82, 2.24) is 0 Å². The van der Waals surface area contributed by atoms with E-state index in [0.717, 1.165) is 17.8 Å². The van der Waals surface area contributed by atoms with Crippen molar-refractivity contribution in [1.29, 1.82) is 0 Å². The summed E-state index contributed by atoms with van der Waals surface area (Å²) < 4.78 is 2.04. The van der Waals surface area contributed by atoms with Crippen LogP contribution in [0.4, 0.5) is 0 Å². The van der Waals surface area contributed by atoms with Crippen LogP contribution >= 0.6 is 0 Å². The molecule has 0 amide bonds. The zero-order chi connectivity index (χ0) is 12.9. The molecule has 0 aromatic carbocycles. The van der Waals surface area contributed by atoms with Gasteiger partial charge in [-0.2, -0.15) is 4.57 Å². The van der Waals surface area contributed by atoms with Crippen molar-refractivity contribution in [2.75, 3.05) is 0 Å². The maximum absolute atomic E-state index is 12.8. The Morgan fingerprint density at radius 3 is 2.00 bits per heavy atom. The van der Waals surface area contributed by atoms with Gasteiger partial charge >= 0.3 is 0 Å². The Balaban J connectivity index is 1.56. The summed E-state index contributed by atoms with van der Waals surface area (Å²) in [5, 5.41) is 0. The SMILES string of the molecule is O=C(C[n+]1ccccc1)C12CC3CC(CC(C3)C1)C2. The van der Waals surface area contributed by atoms with Crippen molar-refractivity contribution in [2.45, 2.75) is 45.1 Å². The van der Waals surface area contributed by atoms with Crippen molar-refractivity contribution in [3.8, 4) is 0 Å². The average Bonchev–Trinajstić information content (AvgIpc) is 2.38. The minimum Gasteiger partial charge on any atom is -0.292 e. The summed E-state index contributed by atoms with van der Waals surface area (Å²) in [6.45, 7) is 0.576. The molecule has 0 aliphatic heterocycles. The number of pyridine rings is 1. The van der Waals surface area contributed by atoms with E-state index in [4.69, 9.17) is 0 Å². The van der Waals surface area contributed by atoms with Gasteiger partial charge in [0.2, 0.25) is 12.3 Å². The maximum Gasteiger partial charge on any atom is 0.207 e. The van der Waals surface area contributed by atoms with Gasteiger partial charge in [-0.25, -0.2) is 0 Å². The predicted molar refractivity (Wildman–Crippen MR) is 72.2 cm³/mol. The van der Waals surface area contributed by atoms with Crippen LogP contribution in [0.25, 0.3) is 0 Å². The van der Waals surface area contributed by atoms with E-state index in [2.05, 4.69) is 0 Å². The van der Waals surface area contributed by atoms with E-state index < -0.39 is 0 Å². The minimum atomic E-state index is 0.0532. The Morgan fingerprint density at radius 2 is 1.47 bits per heavy atom. The Hall–Kier alpha value is -1.18. The molecule has 100 valence electrons. The molecule has 0 radical (unpaired) electrons. The summed E-state index contributed by atoms with van der Waals surface area (Å²) in [6, 6.07) is 6.02. The van der Waals surface area contributed by atoms with Crippen LogP contribution in [0.1, 0.15) is 38.5 Å². The molecule has 0 unspecified atom stereocenters. The fourth-order valence-electron chi connectivity index (χ4n) is 5.33. The standard InChI is InChI=1S/C17H22NO/c19-16(12-18-4-2-1-3-5-18)17-9-13-6-14(10-17)8-15(7-13)11-17/h1-5,13-15H,6-12H2/q+1. The number of hydrogen-bond acceptors (Lipinski definition) is 1. The second-order valence-corrected chi connectivity index (χ2v) is 7.17. The number of carbonyl (C=O) groups is 1. The number of ketones is 1. The molecule has 0 N–H and O–H groups in total. The zero-order valence-corrected chi connectivity index (χ0v) is 11.4. The first-order chi connectivity index (χ1) is 9.23. The summed E-state index contributed by atoms with van der Waals surface area (Å²) in [4.78, 5) is 12.8. The zero-order valence-electron chi connectivity index (χ0n) is 11.4. The Morgan fingerprint density at radius 1 is 0.947 bits per heavy atom. The summed E-state index contributed by atoms with van der Waals surface area (Å²) >= 11 is 0. The van der Waals surface area contributed by atoms with Gasteiger partial charge in [-0.1, -0.05) is 6.07 Å². The fourth-order valence-corrected chi connectivity index (χ4v) is 5.33. The first-order valence-corrected chi connectivity index (χ1v) is 7.71. The van der Waals surface area contributed by atoms with Crippen LogP contribution < -0.4 is 4.57 Å². The number of rotatable bonds is 3. The van der Waals surface area contributed by atoms with Crippen LogP contribution in [-0.2, 0) is 11.3 Å². The van der Waals surface area contributed by atoms with Crippen LogP contribution in [0.15, 0.2) is 30.6 Å². The lowest BCUT2D eigenvalue weighted by molar-refractivity contribution is -0.685. The molecular weight excluding hydrogens is 234 g/mol. The van der Waals surface area contributed by atoms with Gasteiger partial charge in [-0.15, -0.1) is 0 Å². The third kappa shape index (κ3) is 1.92. The van der Waals surface area contributed by atoms with Gasteiger partial charge in [0.05, 0.1) is 0 Å². The molecule has 0 spiro atoms. The molecule has 4 saturated carbocycles. The van der Waals surface area contributed by atoms with Crippen molar-refractivity contribution < 1.29 is 9.36 Å². The first kappa shape index (κ1) is 11.6. The van der Waals surface area contributed by atoms with Crippen molar-refractivity contribution >= 4 is 5.78 Å². The van der Waals surface area contributed by atoms with E-state index in [0.29, 0.717) is 12.3 Å². The van der Waals surface area contributed by atoms with Gasteiger partial charge in [0.1, 0.15) is 0 Å². The molecule has 0 saturated heterocycles. The van der Waals surface area contributed by atoms with Crippen molar-refractivity contribution in [3.63, 3.8) is 0 Å². The van der Waals surface area contributed by atoms with Gasteiger partial charge in [0.15, 0.2) is 12.4 Å². The Labute approximate surface area is 114 Å². The lowest BCUT2D eigenvalue weighted by atomic mass is 9.48.